The molecule has 5 atom stereocenters. The average Bonchev–Trinajstić information content (AvgIpc) is 2.89. The van der Waals surface area contributed by atoms with Crippen LogP contribution in [0.15, 0.2) is 60.7 Å². The van der Waals surface area contributed by atoms with Gasteiger partial charge in [0.15, 0.2) is 6.16 Å². The topological polar surface area (TPSA) is 78.9 Å². The lowest BCUT2D eigenvalue weighted by Gasteiger charge is -2.33. The van der Waals surface area contributed by atoms with Gasteiger partial charge in [0, 0.05) is 6.42 Å². The molecular weight excluding hydrogens is 487 g/mol. The zero-order valence-corrected chi connectivity index (χ0v) is 23.1. The first-order valence-electron chi connectivity index (χ1n) is 13.3. The van der Waals surface area contributed by atoms with Crippen LogP contribution in [0.25, 0.3) is 0 Å². The summed E-state index contributed by atoms with van der Waals surface area (Å²) >= 11 is 0. The SMILES string of the molecule is CC(C)[C@@H]1CC[C@@H](C)C[C@H]1O[P+](=O)CC(CCC(=O)OCc1ccccc1)C(=O)OCc1ccccc1. The van der Waals surface area contributed by atoms with E-state index in [1.54, 1.807) is 0 Å². The highest BCUT2D eigenvalue weighted by molar-refractivity contribution is 7.39. The van der Waals surface area contributed by atoms with Gasteiger partial charge < -0.3 is 9.47 Å². The standard InChI is InChI=1S/C30H40O6P/c1-22(2)27-16-14-23(3)18-28(27)36-37(33)21-26(30(32)35-20-25-12-8-5-9-13-25)15-17-29(31)34-19-24-10-6-4-7-11-24/h4-13,22-23,26-28H,14-21H2,1-3H3/q+1/t23-,26?,27+,28-/m1/s1. The molecule has 0 saturated heterocycles. The molecule has 37 heavy (non-hydrogen) atoms. The van der Waals surface area contributed by atoms with Crippen molar-refractivity contribution in [2.24, 2.45) is 23.7 Å². The van der Waals surface area contributed by atoms with Crippen molar-refractivity contribution in [3.63, 3.8) is 0 Å². The fourth-order valence-corrected chi connectivity index (χ4v) is 6.16. The second-order valence-corrected chi connectivity index (χ2v) is 11.7. The fraction of sp³-hybridized carbons (Fsp3) is 0.533. The van der Waals surface area contributed by atoms with Crippen molar-refractivity contribution >= 4 is 20.0 Å². The first-order valence-corrected chi connectivity index (χ1v) is 14.7. The summed E-state index contributed by atoms with van der Waals surface area (Å²) in [6.45, 7) is 6.85. The number of carbonyl (C=O) groups is 2. The van der Waals surface area contributed by atoms with Gasteiger partial charge in [-0.25, -0.2) is 0 Å². The molecule has 0 radical (unpaired) electrons. The molecule has 7 heteroatoms. The highest BCUT2D eigenvalue weighted by Crippen LogP contribution is 2.41. The first-order chi connectivity index (χ1) is 17.8. The van der Waals surface area contributed by atoms with Crippen molar-refractivity contribution in [1.29, 1.82) is 0 Å². The van der Waals surface area contributed by atoms with Crippen LogP contribution >= 0.6 is 8.03 Å². The Morgan fingerprint density at radius 1 is 0.919 bits per heavy atom. The minimum Gasteiger partial charge on any atom is -0.461 e. The minimum absolute atomic E-state index is 0.0324. The van der Waals surface area contributed by atoms with E-state index in [0.717, 1.165) is 30.4 Å². The molecule has 0 amide bonds. The molecule has 0 bridgehead atoms. The molecule has 0 heterocycles. The van der Waals surface area contributed by atoms with Gasteiger partial charge in [0.1, 0.15) is 25.2 Å². The Labute approximate surface area is 222 Å². The molecule has 0 spiro atoms. The number of hydrogen-bond acceptors (Lipinski definition) is 6. The van der Waals surface area contributed by atoms with E-state index >= 15 is 0 Å². The maximum atomic E-state index is 13.1. The molecule has 200 valence electrons. The fourth-order valence-electron chi connectivity index (χ4n) is 4.84. The Kier molecular flexibility index (Phi) is 11.8. The number of carbonyl (C=O) groups excluding carboxylic acids is 2. The van der Waals surface area contributed by atoms with Gasteiger partial charge in [-0.05, 0) is 52.7 Å². The van der Waals surface area contributed by atoms with Crippen LogP contribution in [-0.4, -0.2) is 24.2 Å². The van der Waals surface area contributed by atoms with Gasteiger partial charge in [0.2, 0.25) is 0 Å². The van der Waals surface area contributed by atoms with Crippen molar-refractivity contribution < 1.29 is 28.2 Å². The second kappa shape index (κ2) is 15.0. The summed E-state index contributed by atoms with van der Waals surface area (Å²) in [4.78, 5) is 25.4. The molecule has 1 saturated carbocycles. The summed E-state index contributed by atoms with van der Waals surface area (Å²) in [5, 5.41) is 0. The van der Waals surface area contributed by atoms with Crippen LogP contribution in [0.5, 0.6) is 0 Å². The van der Waals surface area contributed by atoms with Gasteiger partial charge in [0.25, 0.3) is 0 Å². The Morgan fingerprint density at radius 3 is 2.11 bits per heavy atom. The summed E-state index contributed by atoms with van der Waals surface area (Å²) in [5.41, 5.74) is 1.76. The molecule has 0 aromatic heterocycles. The van der Waals surface area contributed by atoms with Crippen molar-refractivity contribution in [2.45, 2.75) is 72.2 Å². The van der Waals surface area contributed by atoms with Gasteiger partial charge in [-0.3, -0.25) is 9.59 Å². The van der Waals surface area contributed by atoms with Crippen LogP contribution in [0.1, 0.15) is 64.0 Å². The van der Waals surface area contributed by atoms with Gasteiger partial charge in [-0.2, -0.15) is 0 Å². The zero-order chi connectivity index (χ0) is 26.6. The minimum atomic E-state index is -2.09. The molecule has 2 aromatic carbocycles. The van der Waals surface area contributed by atoms with E-state index in [1.807, 2.05) is 60.7 Å². The smallest absolute Gasteiger partial charge is 0.461 e. The van der Waals surface area contributed by atoms with E-state index in [1.165, 1.54) is 0 Å². The molecule has 3 rings (SSSR count). The van der Waals surface area contributed by atoms with Crippen LogP contribution in [0.4, 0.5) is 0 Å². The van der Waals surface area contributed by atoms with Crippen LogP contribution in [0.3, 0.4) is 0 Å². The summed E-state index contributed by atoms with van der Waals surface area (Å²) in [5.74, 6) is -0.269. The lowest BCUT2D eigenvalue weighted by Crippen LogP contribution is -2.33. The third kappa shape index (κ3) is 10.0. The maximum Gasteiger partial charge on any atom is 0.509 e. The Bertz CT molecular complexity index is 994. The number of hydrogen-bond donors (Lipinski definition) is 0. The van der Waals surface area contributed by atoms with E-state index in [0.29, 0.717) is 17.8 Å². The summed E-state index contributed by atoms with van der Waals surface area (Å²) in [6.07, 6.45) is 3.27. The molecular formula is C30H40O6P+. The normalized spacial score (nSPS) is 20.8. The molecule has 0 aliphatic heterocycles. The summed E-state index contributed by atoms with van der Waals surface area (Å²) in [7, 11) is -2.09. The molecule has 1 fully saturated rings. The molecule has 6 nitrogen and oxygen atoms in total. The number of ether oxygens (including phenoxy) is 2. The highest BCUT2D eigenvalue weighted by Gasteiger charge is 2.40. The second-order valence-electron chi connectivity index (χ2n) is 10.5. The van der Waals surface area contributed by atoms with Crippen LogP contribution in [-0.2, 0) is 41.4 Å². The number of benzene rings is 2. The quantitative estimate of drug-likeness (QED) is 0.204. The van der Waals surface area contributed by atoms with E-state index in [2.05, 4.69) is 20.8 Å². The van der Waals surface area contributed by atoms with Gasteiger partial charge in [-0.1, -0.05) is 87.9 Å². The first kappa shape index (κ1) is 29.0. The summed E-state index contributed by atoms with van der Waals surface area (Å²) in [6, 6.07) is 18.8. The lowest BCUT2D eigenvalue weighted by molar-refractivity contribution is -0.150. The van der Waals surface area contributed by atoms with Crippen molar-refractivity contribution in [3.8, 4) is 0 Å². The zero-order valence-electron chi connectivity index (χ0n) is 22.2. The number of esters is 2. The third-order valence-corrected chi connectivity index (χ3v) is 8.33. The van der Waals surface area contributed by atoms with Crippen molar-refractivity contribution in [3.05, 3.63) is 71.8 Å². The van der Waals surface area contributed by atoms with Crippen molar-refractivity contribution in [2.75, 3.05) is 6.16 Å². The average molecular weight is 528 g/mol. The third-order valence-electron chi connectivity index (χ3n) is 7.08. The van der Waals surface area contributed by atoms with Crippen LogP contribution in [0.2, 0.25) is 0 Å². The predicted octanol–water partition coefficient (Wildman–Crippen LogP) is 7.09. The Hall–Kier alpha value is -2.56. The monoisotopic (exact) mass is 527 g/mol. The lowest BCUT2D eigenvalue weighted by atomic mass is 9.75. The molecule has 1 aliphatic rings. The van der Waals surface area contributed by atoms with E-state index < -0.39 is 25.9 Å². The maximum absolute atomic E-state index is 13.1. The van der Waals surface area contributed by atoms with Crippen LogP contribution in [0, 0.1) is 23.7 Å². The van der Waals surface area contributed by atoms with Gasteiger partial charge in [-0.15, -0.1) is 4.52 Å². The molecule has 2 aromatic rings. The Morgan fingerprint density at radius 2 is 1.51 bits per heavy atom. The summed E-state index contributed by atoms with van der Waals surface area (Å²) < 4.78 is 30.1. The highest BCUT2D eigenvalue weighted by atomic mass is 31.1. The van der Waals surface area contributed by atoms with Crippen molar-refractivity contribution in [1.82, 2.24) is 0 Å². The van der Waals surface area contributed by atoms with E-state index in [-0.39, 0.29) is 38.3 Å². The molecule has 1 aliphatic carbocycles. The van der Waals surface area contributed by atoms with Crippen LogP contribution < -0.4 is 0 Å². The molecule has 2 unspecified atom stereocenters. The van der Waals surface area contributed by atoms with E-state index in [4.69, 9.17) is 14.0 Å². The molecule has 0 N–H and O–H groups in total. The van der Waals surface area contributed by atoms with E-state index in [9.17, 15) is 14.2 Å². The van der Waals surface area contributed by atoms with Gasteiger partial charge in [0.05, 0.1) is 0 Å². The predicted molar refractivity (Wildman–Crippen MR) is 144 cm³/mol. The largest absolute Gasteiger partial charge is 0.509 e. The number of rotatable bonds is 13. The van der Waals surface area contributed by atoms with Gasteiger partial charge >= 0.3 is 20.0 Å². The Balaban J connectivity index is 1.58.